The zero-order valence-electron chi connectivity index (χ0n) is 10.7. The molecule has 0 bridgehead atoms. The van der Waals surface area contributed by atoms with E-state index in [0.717, 1.165) is 5.56 Å². The number of rotatable bonds is 2. The van der Waals surface area contributed by atoms with E-state index in [0.29, 0.717) is 10.0 Å². The standard InChI is InChI=1S/C15H13BrFNO/c1-10-7-8-11(12(16)9-10)15(19)18(2)14-6-4-3-5-13(14)17/h3-9H,1-2H3. The summed E-state index contributed by atoms with van der Waals surface area (Å²) in [7, 11) is 1.56. The summed E-state index contributed by atoms with van der Waals surface area (Å²) in [6, 6.07) is 11.7. The van der Waals surface area contributed by atoms with Crippen LogP contribution in [-0.2, 0) is 0 Å². The van der Waals surface area contributed by atoms with Gasteiger partial charge in [0.1, 0.15) is 5.82 Å². The van der Waals surface area contributed by atoms with E-state index in [9.17, 15) is 9.18 Å². The fraction of sp³-hybridized carbons (Fsp3) is 0.133. The molecule has 19 heavy (non-hydrogen) atoms. The van der Waals surface area contributed by atoms with Crippen molar-refractivity contribution in [3.8, 4) is 0 Å². The van der Waals surface area contributed by atoms with Crippen LogP contribution in [-0.4, -0.2) is 13.0 Å². The molecule has 0 unspecified atom stereocenters. The maximum Gasteiger partial charge on any atom is 0.259 e. The molecule has 0 N–H and O–H groups in total. The SMILES string of the molecule is Cc1ccc(C(=O)N(C)c2ccccc2F)c(Br)c1. The second kappa shape index (κ2) is 5.53. The van der Waals surface area contributed by atoms with Gasteiger partial charge < -0.3 is 4.90 Å². The predicted molar refractivity (Wildman–Crippen MR) is 78.0 cm³/mol. The van der Waals surface area contributed by atoms with Crippen molar-refractivity contribution < 1.29 is 9.18 Å². The van der Waals surface area contributed by atoms with E-state index in [1.807, 2.05) is 19.1 Å². The van der Waals surface area contributed by atoms with Crippen LogP contribution >= 0.6 is 15.9 Å². The molecule has 0 aromatic heterocycles. The fourth-order valence-corrected chi connectivity index (χ4v) is 2.47. The number of anilines is 1. The molecule has 0 spiro atoms. The van der Waals surface area contributed by atoms with Gasteiger partial charge in [-0.15, -0.1) is 0 Å². The zero-order chi connectivity index (χ0) is 14.0. The Bertz CT molecular complexity index is 627. The third-order valence-corrected chi connectivity index (χ3v) is 3.53. The molecule has 0 saturated heterocycles. The maximum atomic E-state index is 13.7. The van der Waals surface area contributed by atoms with Gasteiger partial charge in [-0.3, -0.25) is 4.79 Å². The minimum Gasteiger partial charge on any atom is -0.309 e. The fourth-order valence-electron chi connectivity index (χ4n) is 1.81. The number of nitrogens with zero attached hydrogens (tertiary/aromatic N) is 1. The summed E-state index contributed by atoms with van der Waals surface area (Å²) in [6.45, 7) is 1.94. The third kappa shape index (κ3) is 2.84. The first kappa shape index (κ1) is 13.7. The molecule has 2 aromatic carbocycles. The van der Waals surface area contributed by atoms with Gasteiger partial charge in [0.25, 0.3) is 5.91 Å². The molecule has 0 radical (unpaired) electrons. The van der Waals surface area contributed by atoms with E-state index < -0.39 is 5.82 Å². The summed E-state index contributed by atoms with van der Waals surface area (Å²) < 4.78 is 14.4. The van der Waals surface area contributed by atoms with Gasteiger partial charge in [-0.2, -0.15) is 0 Å². The molecule has 4 heteroatoms. The second-order valence-electron chi connectivity index (χ2n) is 4.30. The largest absolute Gasteiger partial charge is 0.309 e. The lowest BCUT2D eigenvalue weighted by Crippen LogP contribution is -2.27. The first-order valence-electron chi connectivity index (χ1n) is 5.79. The van der Waals surface area contributed by atoms with Crippen LogP contribution in [0.5, 0.6) is 0 Å². The number of carbonyl (C=O) groups excluding carboxylic acids is 1. The highest BCUT2D eigenvalue weighted by Crippen LogP contribution is 2.24. The molecule has 0 aliphatic rings. The number of para-hydroxylation sites is 1. The van der Waals surface area contributed by atoms with Crippen molar-refractivity contribution in [2.75, 3.05) is 11.9 Å². The van der Waals surface area contributed by atoms with E-state index in [1.165, 1.54) is 11.0 Å². The van der Waals surface area contributed by atoms with Gasteiger partial charge >= 0.3 is 0 Å². The minimum atomic E-state index is -0.415. The van der Waals surface area contributed by atoms with E-state index in [2.05, 4.69) is 15.9 Å². The van der Waals surface area contributed by atoms with Gasteiger partial charge in [-0.05, 0) is 52.7 Å². The number of carbonyl (C=O) groups is 1. The Hall–Kier alpha value is -1.68. The molecule has 0 aliphatic carbocycles. The number of amides is 1. The Morgan fingerprint density at radius 2 is 1.89 bits per heavy atom. The molecule has 2 aromatic rings. The summed E-state index contributed by atoms with van der Waals surface area (Å²) >= 11 is 3.37. The van der Waals surface area contributed by atoms with E-state index >= 15 is 0 Å². The molecular weight excluding hydrogens is 309 g/mol. The van der Waals surface area contributed by atoms with Crippen LogP contribution in [0.15, 0.2) is 46.9 Å². The van der Waals surface area contributed by atoms with Crippen LogP contribution in [0.1, 0.15) is 15.9 Å². The number of aryl methyl sites for hydroxylation is 1. The highest BCUT2D eigenvalue weighted by Gasteiger charge is 2.18. The van der Waals surface area contributed by atoms with E-state index in [1.54, 1.807) is 31.3 Å². The number of halogens is 2. The van der Waals surface area contributed by atoms with Gasteiger partial charge in [0.05, 0.1) is 11.3 Å². The monoisotopic (exact) mass is 321 g/mol. The third-order valence-electron chi connectivity index (χ3n) is 2.87. The molecule has 0 atom stereocenters. The van der Waals surface area contributed by atoms with Crippen LogP contribution in [0.4, 0.5) is 10.1 Å². The van der Waals surface area contributed by atoms with Crippen molar-refractivity contribution in [2.24, 2.45) is 0 Å². The quantitative estimate of drug-likeness (QED) is 0.812. The second-order valence-corrected chi connectivity index (χ2v) is 5.15. The summed E-state index contributed by atoms with van der Waals surface area (Å²) in [5.74, 6) is -0.668. The summed E-state index contributed by atoms with van der Waals surface area (Å²) in [5.41, 5.74) is 1.83. The summed E-state index contributed by atoms with van der Waals surface area (Å²) in [4.78, 5) is 13.7. The Balaban J connectivity index is 2.37. The van der Waals surface area contributed by atoms with Crippen LogP contribution in [0, 0.1) is 12.7 Å². The van der Waals surface area contributed by atoms with Gasteiger partial charge in [0.15, 0.2) is 0 Å². The van der Waals surface area contributed by atoms with E-state index in [4.69, 9.17) is 0 Å². The highest BCUT2D eigenvalue weighted by atomic mass is 79.9. The van der Waals surface area contributed by atoms with Crippen LogP contribution in [0.3, 0.4) is 0 Å². The van der Waals surface area contributed by atoms with Gasteiger partial charge in [-0.1, -0.05) is 18.2 Å². The van der Waals surface area contributed by atoms with Crippen molar-refractivity contribution in [3.05, 3.63) is 63.9 Å². The molecule has 0 heterocycles. The first-order chi connectivity index (χ1) is 9.00. The van der Waals surface area contributed by atoms with Gasteiger partial charge in [-0.25, -0.2) is 4.39 Å². The number of benzene rings is 2. The van der Waals surface area contributed by atoms with Crippen LogP contribution in [0.2, 0.25) is 0 Å². The lowest BCUT2D eigenvalue weighted by Gasteiger charge is -2.18. The van der Waals surface area contributed by atoms with Gasteiger partial charge in [0.2, 0.25) is 0 Å². The molecule has 0 aliphatic heterocycles. The Kier molecular flexibility index (Phi) is 4.00. The number of hydrogen-bond donors (Lipinski definition) is 0. The maximum absolute atomic E-state index is 13.7. The van der Waals surface area contributed by atoms with Crippen LogP contribution in [0.25, 0.3) is 0 Å². The van der Waals surface area contributed by atoms with Gasteiger partial charge in [0, 0.05) is 11.5 Å². The smallest absolute Gasteiger partial charge is 0.259 e. The normalized spacial score (nSPS) is 10.3. The molecule has 0 fully saturated rings. The van der Waals surface area contributed by atoms with Crippen molar-refractivity contribution in [2.45, 2.75) is 6.92 Å². The Morgan fingerprint density at radius 3 is 2.53 bits per heavy atom. The molecule has 1 amide bonds. The van der Waals surface area contributed by atoms with Crippen molar-refractivity contribution >= 4 is 27.5 Å². The summed E-state index contributed by atoms with van der Waals surface area (Å²) in [5, 5.41) is 0. The van der Waals surface area contributed by atoms with Crippen molar-refractivity contribution in [3.63, 3.8) is 0 Å². The lowest BCUT2D eigenvalue weighted by molar-refractivity contribution is 0.0991. The average Bonchev–Trinajstić information content (AvgIpc) is 2.38. The zero-order valence-corrected chi connectivity index (χ0v) is 12.2. The minimum absolute atomic E-state index is 0.253. The molecule has 2 nitrogen and oxygen atoms in total. The Labute approximate surface area is 120 Å². The molecular formula is C15H13BrFNO. The van der Waals surface area contributed by atoms with Crippen molar-refractivity contribution in [1.82, 2.24) is 0 Å². The average molecular weight is 322 g/mol. The first-order valence-corrected chi connectivity index (χ1v) is 6.58. The molecule has 2 rings (SSSR count). The predicted octanol–water partition coefficient (Wildman–Crippen LogP) is 4.17. The lowest BCUT2D eigenvalue weighted by atomic mass is 10.1. The number of hydrogen-bond acceptors (Lipinski definition) is 1. The Morgan fingerprint density at radius 1 is 1.21 bits per heavy atom. The molecule has 0 saturated carbocycles. The van der Waals surface area contributed by atoms with Crippen LogP contribution < -0.4 is 4.90 Å². The highest BCUT2D eigenvalue weighted by molar-refractivity contribution is 9.10. The molecule has 98 valence electrons. The van der Waals surface area contributed by atoms with Crippen molar-refractivity contribution in [1.29, 1.82) is 0 Å². The topological polar surface area (TPSA) is 20.3 Å². The van der Waals surface area contributed by atoms with E-state index in [-0.39, 0.29) is 11.6 Å². The summed E-state index contributed by atoms with van der Waals surface area (Å²) in [6.07, 6.45) is 0.